The van der Waals surface area contributed by atoms with Crippen molar-refractivity contribution in [1.82, 2.24) is 5.32 Å². The van der Waals surface area contributed by atoms with Crippen molar-refractivity contribution in [2.24, 2.45) is 5.92 Å². The average Bonchev–Trinajstić information content (AvgIpc) is 2.90. The van der Waals surface area contributed by atoms with Gasteiger partial charge in [0.1, 0.15) is 0 Å². The second kappa shape index (κ2) is 7.61. The van der Waals surface area contributed by atoms with Crippen LogP contribution >= 0.6 is 11.3 Å². The van der Waals surface area contributed by atoms with Crippen LogP contribution in [0, 0.1) is 12.8 Å². The minimum atomic E-state index is 0.559. The Kier molecular flexibility index (Phi) is 5.81. The lowest BCUT2D eigenvalue weighted by Gasteiger charge is -2.19. The molecule has 0 saturated carbocycles. The molecule has 0 saturated heterocycles. The standard InChI is InChI=1S/C18H25NS/c1-14(2)11-19-12-18(10-16-7-8-20-13-16)17-6-4-5-15(3)9-17/h4-9,13-14,18-19H,10-12H2,1-3H3. The van der Waals surface area contributed by atoms with E-state index in [1.54, 1.807) is 11.3 Å². The van der Waals surface area contributed by atoms with Crippen molar-refractivity contribution in [3.63, 3.8) is 0 Å². The van der Waals surface area contributed by atoms with Crippen molar-refractivity contribution in [2.45, 2.75) is 33.1 Å². The highest BCUT2D eigenvalue weighted by molar-refractivity contribution is 7.07. The highest BCUT2D eigenvalue weighted by Gasteiger charge is 2.13. The van der Waals surface area contributed by atoms with Crippen molar-refractivity contribution in [3.05, 3.63) is 57.8 Å². The van der Waals surface area contributed by atoms with Gasteiger partial charge in [-0.05, 0) is 53.8 Å². The minimum Gasteiger partial charge on any atom is -0.316 e. The second-order valence-electron chi connectivity index (χ2n) is 6.00. The van der Waals surface area contributed by atoms with Crippen LogP contribution in [0.2, 0.25) is 0 Å². The van der Waals surface area contributed by atoms with Crippen LogP contribution in [0.1, 0.15) is 36.5 Å². The van der Waals surface area contributed by atoms with Crippen LogP contribution in [0.5, 0.6) is 0 Å². The van der Waals surface area contributed by atoms with Gasteiger partial charge in [0.25, 0.3) is 0 Å². The Morgan fingerprint density at radius 1 is 1.15 bits per heavy atom. The van der Waals surface area contributed by atoms with Gasteiger partial charge in [0, 0.05) is 12.5 Å². The fourth-order valence-corrected chi connectivity index (χ4v) is 3.15. The van der Waals surface area contributed by atoms with Crippen LogP contribution < -0.4 is 5.32 Å². The van der Waals surface area contributed by atoms with Gasteiger partial charge in [0.2, 0.25) is 0 Å². The molecular weight excluding hydrogens is 262 g/mol. The van der Waals surface area contributed by atoms with E-state index in [1.807, 2.05) is 0 Å². The number of aryl methyl sites for hydroxylation is 1. The molecule has 2 aromatic rings. The third kappa shape index (κ3) is 4.77. The Bertz CT molecular complexity index is 502. The monoisotopic (exact) mass is 287 g/mol. The first-order valence-electron chi connectivity index (χ1n) is 7.43. The minimum absolute atomic E-state index is 0.559. The summed E-state index contributed by atoms with van der Waals surface area (Å²) in [5, 5.41) is 8.06. The predicted molar refractivity (Wildman–Crippen MR) is 89.7 cm³/mol. The summed E-state index contributed by atoms with van der Waals surface area (Å²) < 4.78 is 0. The van der Waals surface area contributed by atoms with Crippen LogP contribution in [-0.2, 0) is 6.42 Å². The molecule has 0 aliphatic rings. The molecule has 0 aliphatic heterocycles. The summed E-state index contributed by atoms with van der Waals surface area (Å²) in [7, 11) is 0. The molecule has 108 valence electrons. The first kappa shape index (κ1) is 15.3. The smallest absolute Gasteiger partial charge is 0.00234 e. The van der Waals surface area contributed by atoms with E-state index < -0.39 is 0 Å². The maximum Gasteiger partial charge on any atom is 0.00234 e. The second-order valence-corrected chi connectivity index (χ2v) is 6.78. The van der Waals surface area contributed by atoms with Crippen LogP contribution in [0.15, 0.2) is 41.1 Å². The molecule has 0 bridgehead atoms. The summed E-state index contributed by atoms with van der Waals surface area (Å²) in [5.41, 5.74) is 4.25. The third-order valence-corrected chi connectivity index (χ3v) is 4.25. The van der Waals surface area contributed by atoms with Crippen molar-refractivity contribution in [2.75, 3.05) is 13.1 Å². The van der Waals surface area contributed by atoms with E-state index >= 15 is 0 Å². The number of hydrogen-bond donors (Lipinski definition) is 1. The summed E-state index contributed by atoms with van der Waals surface area (Å²) in [5.74, 6) is 1.26. The van der Waals surface area contributed by atoms with Crippen molar-refractivity contribution in [3.8, 4) is 0 Å². The van der Waals surface area contributed by atoms with Crippen LogP contribution in [0.3, 0.4) is 0 Å². The van der Waals surface area contributed by atoms with Crippen molar-refractivity contribution < 1.29 is 0 Å². The van der Waals surface area contributed by atoms with E-state index in [-0.39, 0.29) is 0 Å². The molecule has 0 amide bonds. The first-order valence-corrected chi connectivity index (χ1v) is 8.38. The molecule has 1 unspecified atom stereocenters. The molecule has 2 heteroatoms. The molecule has 1 heterocycles. The Morgan fingerprint density at radius 2 is 2.00 bits per heavy atom. The van der Waals surface area contributed by atoms with Gasteiger partial charge in [-0.15, -0.1) is 0 Å². The summed E-state index contributed by atoms with van der Waals surface area (Å²) >= 11 is 1.79. The fraction of sp³-hybridized carbons (Fsp3) is 0.444. The van der Waals surface area contributed by atoms with Gasteiger partial charge in [-0.1, -0.05) is 43.7 Å². The number of hydrogen-bond acceptors (Lipinski definition) is 2. The maximum absolute atomic E-state index is 3.62. The Labute approximate surface area is 127 Å². The summed E-state index contributed by atoms with van der Waals surface area (Å²) in [6, 6.07) is 11.2. The van der Waals surface area contributed by atoms with Gasteiger partial charge in [-0.25, -0.2) is 0 Å². The van der Waals surface area contributed by atoms with Crippen LogP contribution in [0.25, 0.3) is 0 Å². The number of benzene rings is 1. The Balaban J connectivity index is 2.06. The van der Waals surface area contributed by atoms with Gasteiger partial charge in [-0.3, -0.25) is 0 Å². The molecule has 1 aromatic carbocycles. The summed E-state index contributed by atoms with van der Waals surface area (Å²) in [4.78, 5) is 0. The number of thiophene rings is 1. The van der Waals surface area contributed by atoms with Gasteiger partial charge in [0.15, 0.2) is 0 Å². The van der Waals surface area contributed by atoms with E-state index in [1.165, 1.54) is 16.7 Å². The van der Waals surface area contributed by atoms with Gasteiger partial charge < -0.3 is 5.32 Å². The zero-order valence-corrected chi connectivity index (χ0v) is 13.5. The molecule has 0 fully saturated rings. The Hall–Kier alpha value is -1.12. The molecule has 0 spiro atoms. The lowest BCUT2D eigenvalue weighted by Crippen LogP contribution is -2.26. The van der Waals surface area contributed by atoms with E-state index in [0.717, 1.165) is 19.5 Å². The average molecular weight is 287 g/mol. The van der Waals surface area contributed by atoms with Crippen molar-refractivity contribution in [1.29, 1.82) is 0 Å². The van der Waals surface area contributed by atoms with E-state index in [4.69, 9.17) is 0 Å². The Morgan fingerprint density at radius 3 is 2.65 bits per heavy atom. The first-order chi connectivity index (χ1) is 9.65. The molecule has 0 radical (unpaired) electrons. The third-order valence-electron chi connectivity index (χ3n) is 3.52. The van der Waals surface area contributed by atoms with Gasteiger partial charge in [0.05, 0.1) is 0 Å². The fourth-order valence-electron chi connectivity index (χ4n) is 2.47. The molecule has 2 rings (SSSR count). The summed E-state index contributed by atoms with van der Waals surface area (Å²) in [6.45, 7) is 8.83. The lowest BCUT2D eigenvalue weighted by molar-refractivity contribution is 0.514. The van der Waals surface area contributed by atoms with E-state index in [2.05, 4.69) is 67.2 Å². The predicted octanol–water partition coefficient (Wildman–Crippen LogP) is 4.63. The SMILES string of the molecule is Cc1cccc(C(CNCC(C)C)Cc2ccsc2)c1. The molecule has 1 N–H and O–H groups in total. The van der Waals surface area contributed by atoms with Crippen LogP contribution in [-0.4, -0.2) is 13.1 Å². The maximum atomic E-state index is 3.62. The molecule has 0 aliphatic carbocycles. The van der Waals surface area contributed by atoms with Crippen LogP contribution in [0.4, 0.5) is 0 Å². The van der Waals surface area contributed by atoms with Gasteiger partial charge in [-0.2, -0.15) is 11.3 Å². The van der Waals surface area contributed by atoms with E-state index in [9.17, 15) is 0 Å². The topological polar surface area (TPSA) is 12.0 Å². The summed E-state index contributed by atoms with van der Waals surface area (Å²) in [6.07, 6.45) is 1.12. The number of nitrogens with one attached hydrogen (secondary N) is 1. The zero-order valence-electron chi connectivity index (χ0n) is 12.7. The molecule has 1 aromatic heterocycles. The molecule has 20 heavy (non-hydrogen) atoms. The highest BCUT2D eigenvalue weighted by atomic mass is 32.1. The molecular formula is C18H25NS. The van der Waals surface area contributed by atoms with E-state index in [0.29, 0.717) is 11.8 Å². The molecule has 1 nitrogen and oxygen atoms in total. The largest absolute Gasteiger partial charge is 0.316 e. The highest BCUT2D eigenvalue weighted by Crippen LogP contribution is 2.22. The lowest BCUT2D eigenvalue weighted by atomic mass is 9.92. The molecule has 1 atom stereocenters. The quantitative estimate of drug-likeness (QED) is 0.783. The van der Waals surface area contributed by atoms with Gasteiger partial charge >= 0.3 is 0 Å². The zero-order chi connectivity index (χ0) is 14.4. The normalized spacial score (nSPS) is 12.8. The van der Waals surface area contributed by atoms with Crippen molar-refractivity contribution >= 4 is 11.3 Å². The number of rotatable bonds is 7.